The van der Waals surface area contributed by atoms with Crippen LogP contribution in [0, 0.1) is 0 Å². The average molecular weight is 486 g/mol. The molecule has 0 unspecified atom stereocenters. The van der Waals surface area contributed by atoms with Gasteiger partial charge in [0.25, 0.3) is 5.91 Å². The van der Waals surface area contributed by atoms with Crippen LogP contribution in [0.2, 0.25) is 0 Å². The van der Waals surface area contributed by atoms with Gasteiger partial charge >= 0.3 is 0 Å². The second-order valence-electron chi connectivity index (χ2n) is 6.64. The van der Waals surface area contributed by atoms with Gasteiger partial charge in [0.1, 0.15) is 22.6 Å². The summed E-state index contributed by atoms with van der Waals surface area (Å²) in [5.74, 6) is 2.04. The van der Waals surface area contributed by atoms with E-state index in [1.165, 1.54) is 14.2 Å². The van der Waals surface area contributed by atoms with E-state index < -0.39 is 0 Å². The first-order valence-corrected chi connectivity index (χ1v) is 10.4. The number of halogens is 1. The van der Waals surface area contributed by atoms with Crippen LogP contribution >= 0.6 is 15.9 Å². The lowest BCUT2D eigenvalue weighted by Gasteiger charge is -2.14. The molecule has 0 fully saturated rings. The highest BCUT2D eigenvalue weighted by molar-refractivity contribution is 9.10. The highest BCUT2D eigenvalue weighted by Crippen LogP contribution is 2.35. The van der Waals surface area contributed by atoms with Crippen LogP contribution in [-0.2, 0) is 13.2 Å². The van der Waals surface area contributed by atoms with Crippen molar-refractivity contribution in [1.82, 2.24) is 5.32 Å². The summed E-state index contributed by atoms with van der Waals surface area (Å²) in [6, 6.07) is 18.8. The van der Waals surface area contributed by atoms with Gasteiger partial charge in [0, 0.05) is 12.1 Å². The second kappa shape index (κ2) is 10.7. The third-order valence-corrected chi connectivity index (χ3v) is 5.41. The van der Waals surface area contributed by atoms with Gasteiger partial charge in [-0.05, 0) is 51.3 Å². The summed E-state index contributed by atoms with van der Waals surface area (Å²) in [5.41, 5.74) is 2.39. The molecular weight excluding hydrogens is 462 g/mol. The zero-order chi connectivity index (χ0) is 22.2. The van der Waals surface area contributed by atoms with Crippen LogP contribution in [0.25, 0.3) is 0 Å². The SMILES string of the molecule is COc1cc(CNC(=O)c2cc(OC)c(Br)c(OC)c2)ccc1OCc1ccccc1. The molecule has 0 saturated carbocycles. The van der Waals surface area contributed by atoms with E-state index in [1.807, 2.05) is 48.5 Å². The third kappa shape index (κ3) is 5.70. The van der Waals surface area contributed by atoms with Crippen molar-refractivity contribution in [2.45, 2.75) is 13.2 Å². The molecule has 0 bridgehead atoms. The van der Waals surface area contributed by atoms with Crippen molar-refractivity contribution in [1.29, 1.82) is 0 Å². The molecule has 0 spiro atoms. The number of hydrogen-bond donors (Lipinski definition) is 1. The first-order chi connectivity index (χ1) is 15.0. The first-order valence-electron chi connectivity index (χ1n) is 9.59. The summed E-state index contributed by atoms with van der Waals surface area (Å²) in [7, 11) is 4.66. The normalized spacial score (nSPS) is 10.3. The summed E-state index contributed by atoms with van der Waals surface area (Å²) in [6.45, 7) is 0.773. The van der Waals surface area contributed by atoms with Crippen molar-refractivity contribution in [3.8, 4) is 23.0 Å². The number of methoxy groups -OCH3 is 3. The number of benzene rings is 3. The molecular formula is C24H24BrNO5. The van der Waals surface area contributed by atoms with E-state index in [2.05, 4.69) is 21.2 Å². The van der Waals surface area contributed by atoms with E-state index in [0.29, 0.717) is 46.2 Å². The molecule has 1 N–H and O–H groups in total. The molecule has 0 aliphatic heterocycles. The summed E-state index contributed by atoms with van der Waals surface area (Å²) in [5, 5.41) is 2.90. The quantitative estimate of drug-likeness (QED) is 0.462. The molecule has 31 heavy (non-hydrogen) atoms. The average Bonchev–Trinajstić information content (AvgIpc) is 2.82. The molecule has 3 aromatic rings. The zero-order valence-electron chi connectivity index (χ0n) is 17.6. The Bertz CT molecular complexity index is 1010. The lowest BCUT2D eigenvalue weighted by Crippen LogP contribution is -2.23. The summed E-state index contributed by atoms with van der Waals surface area (Å²) < 4.78 is 22.6. The maximum absolute atomic E-state index is 12.7. The van der Waals surface area contributed by atoms with Gasteiger partial charge in [-0.25, -0.2) is 0 Å². The third-order valence-electron chi connectivity index (χ3n) is 4.63. The van der Waals surface area contributed by atoms with Gasteiger partial charge in [0.2, 0.25) is 0 Å². The van der Waals surface area contributed by atoms with Crippen molar-refractivity contribution < 1.29 is 23.7 Å². The monoisotopic (exact) mass is 485 g/mol. The molecule has 0 saturated heterocycles. The first kappa shape index (κ1) is 22.5. The van der Waals surface area contributed by atoms with Crippen molar-refractivity contribution in [3.63, 3.8) is 0 Å². The minimum absolute atomic E-state index is 0.243. The predicted octanol–water partition coefficient (Wildman–Crippen LogP) is 4.98. The van der Waals surface area contributed by atoms with Crippen LogP contribution in [0.1, 0.15) is 21.5 Å². The Labute approximate surface area is 190 Å². The molecule has 162 valence electrons. The Hall–Kier alpha value is -3.19. The molecule has 0 heterocycles. The van der Waals surface area contributed by atoms with Gasteiger partial charge in [-0.1, -0.05) is 36.4 Å². The highest BCUT2D eigenvalue weighted by atomic mass is 79.9. The van der Waals surface area contributed by atoms with Crippen molar-refractivity contribution in [2.75, 3.05) is 21.3 Å². The number of rotatable bonds is 9. The Balaban J connectivity index is 1.67. The lowest BCUT2D eigenvalue weighted by atomic mass is 10.1. The molecule has 0 atom stereocenters. The standard InChI is InChI=1S/C24H24BrNO5/c1-28-20-11-17(9-10-19(20)31-15-16-7-5-4-6-8-16)14-26-24(27)18-12-21(29-2)23(25)22(13-18)30-3/h4-13H,14-15H2,1-3H3,(H,26,27). The van der Waals surface area contributed by atoms with Gasteiger partial charge in [-0.2, -0.15) is 0 Å². The maximum atomic E-state index is 12.7. The molecule has 0 aliphatic carbocycles. The predicted molar refractivity (Wildman–Crippen MR) is 122 cm³/mol. The molecule has 1 amide bonds. The van der Waals surface area contributed by atoms with E-state index >= 15 is 0 Å². The minimum atomic E-state index is -0.243. The van der Waals surface area contributed by atoms with E-state index in [-0.39, 0.29) is 5.91 Å². The van der Waals surface area contributed by atoms with Gasteiger partial charge in [-0.3, -0.25) is 4.79 Å². The van der Waals surface area contributed by atoms with E-state index in [0.717, 1.165) is 11.1 Å². The van der Waals surface area contributed by atoms with Crippen molar-refractivity contribution in [3.05, 3.63) is 81.8 Å². The fourth-order valence-electron chi connectivity index (χ4n) is 2.96. The summed E-state index contributed by atoms with van der Waals surface area (Å²) in [6.07, 6.45) is 0. The number of carbonyl (C=O) groups is 1. The Morgan fingerprint density at radius 2 is 1.45 bits per heavy atom. The van der Waals surface area contributed by atoms with Crippen LogP contribution in [0.3, 0.4) is 0 Å². The van der Waals surface area contributed by atoms with Crippen molar-refractivity contribution in [2.24, 2.45) is 0 Å². The summed E-state index contributed by atoms with van der Waals surface area (Å²) >= 11 is 3.40. The van der Waals surface area contributed by atoms with Crippen LogP contribution in [0.15, 0.2) is 65.1 Å². The highest BCUT2D eigenvalue weighted by Gasteiger charge is 2.15. The van der Waals surface area contributed by atoms with Crippen LogP contribution in [-0.4, -0.2) is 27.2 Å². The number of amides is 1. The molecule has 6 nitrogen and oxygen atoms in total. The topological polar surface area (TPSA) is 66.0 Å². The van der Waals surface area contributed by atoms with Gasteiger partial charge in [-0.15, -0.1) is 0 Å². The molecule has 3 rings (SSSR count). The fourth-order valence-corrected chi connectivity index (χ4v) is 3.51. The largest absolute Gasteiger partial charge is 0.495 e. The van der Waals surface area contributed by atoms with Crippen molar-refractivity contribution >= 4 is 21.8 Å². The van der Waals surface area contributed by atoms with Crippen LogP contribution < -0.4 is 24.3 Å². The second-order valence-corrected chi connectivity index (χ2v) is 7.43. The molecule has 0 radical (unpaired) electrons. The molecule has 0 aliphatic rings. The Morgan fingerprint density at radius 1 is 0.806 bits per heavy atom. The van der Waals surface area contributed by atoms with E-state index in [1.54, 1.807) is 19.2 Å². The van der Waals surface area contributed by atoms with Gasteiger partial charge in [0.15, 0.2) is 11.5 Å². The van der Waals surface area contributed by atoms with Crippen LogP contribution in [0.5, 0.6) is 23.0 Å². The molecule has 0 aromatic heterocycles. The fraction of sp³-hybridized carbons (Fsp3) is 0.208. The van der Waals surface area contributed by atoms with E-state index in [4.69, 9.17) is 18.9 Å². The van der Waals surface area contributed by atoms with Gasteiger partial charge < -0.3 is 24.3 Å². The Morgan fingerprint density at radius 3 is 2.06 bits per heavy atom. The van der Waals surface area contributed by atoms with E-state index in [9.17, 15) is 4.79 Å². The Kier molecular flexibility index (Phi) is 7.78. The number of hydrogen-bond acceptors (Lipinski definition) is 5. The smallest absolute Gasteiger partial charge is 0.251 e. The van der Waals surface area contributed by atoms with Crippen LogP contribution in [0.4, 0.5) is 0 Å². The summed E-state index contributed by atoms with van der Waals surface area (Å²) in [4.78, 5) is 12.7. The zero-order valence-corrected chi connectivity index (χ0v) is 19.2. The lowest BCUT2D eigenvalue weighted by molar-refractivity contribution is 0.0950. The number of ether oxygens (including phenoxy) is 4. The number of nitrogens with one attached hydrogen (secondary N) is 1. The maximum Gasteiger partial charge on any atom is 0.251 e. The minimum Gasteiger partial charge on any atom is -0.495 e. The number of carbonyl (C=O) groups excluding carboxylic acids is 1. The van der Waals surface area contributed by atoms with Gasteiger partial charge in [0.05, 0.1) is 21.3 Å². The molecule has 3 aromatic carbocycles. The molecule has 7 heteroatoms.